The summed E-state index contributed by atoms with van der Waals surface area (Å²) in [6.07, 6.45) is 0. The molecule has 0 aliphatic carbocycles. The maximum absolute atomic E-state index is 12.9. The van der Waals surface area contributed by atoms with Crippen LogP contribution in [0.25, 0.3) is 0 Å². The van der Waals surface area contributed by atoms with Crippen molar-refractivity contribution in [3.05, 3.63) is 80.6 Å². The van der Waals surface area contributed by atoms with Gasteiger partial charge in [0.15, 0.2) is 0 Å². The number of nitrogens with zero attached hydrogens (tertiary/aromatic N) is 3. The number of hydrogen-bond donors (Lipinski definition) is 2. The second-order valence-electron chi connectivity index (χ2n) is 7.78. The first-order valence-electron chi connectivity index (χ1n) is 10.1. The van der Waals surface area contributed by atoms with Crippen molar-refractivity contribution < 1.29 is 4.79 Å². The molecule has 31 heavy (non-hydrogen) atoms. The Kier molecular flexibility index (Phi) is 6.81. The number of halogens is 1. The normalized spacial score (nSPS) is 11.5. The van der Waals surface area contributed by atoms with Crippen molar-refractivity contribution in [1.29, 1.82) is 0 Å². The lowest BCUT2D eigenvalue weighted by Gasteiger charge is -2.14. The number of anilines is 1. The minimum absolute atomic E-state index is 0.222. The summed E-state index contributed by atoms with van der Waals surface area (Å²) in [6.45, 7) is 10.3. The molecule has 1 aromatic heterocycles. The van der Waals surface area contributed by atoms with E-state index in [1.165, 1.54) is 0 Å². The molecule has 0 radical (unpaired) electrons. The van der Waals surface area contributed by atoms with Gasteiger partial charge in [0.2, 0.25) is 5.96 Å². The van der Waals surface area contributed by atoms with Gasteiger partial charge in [0.25, 0.3) is 5.91 Å². The lowest BCUT2D eigenvalue weighted by Crippen LogP contribution is -2.36. The van der Waals surface area contributed by atoms with Crippen LogP contribution < -0.4 is 10.6 Å². The zero-order chi connectivity index (χ0) is 22.7. The Morgan fingerprint density at radius 2 is 1.77 bits per heavy atom. The zero-order valence-corrected chi connectivity index (χ0v) is 19.6. The molecule has 0 saturated heterocycles. The molecule has 0 saturated carbocycles. The summed E-state index contributed by atoms with van der Waals surface area (Å²) in [4.78, 5) is 17.6. The third-order valence-corrected chi connectivity index (χ3v) is 5.73. The van der Waals surface area contributed by atoms with Crippen molar-refractivity contribution in [3.8, 4) is 0 Å². The summed E-state index contributed by atoms with van der Waals surface area (Å²) in [5.41, 5.74) is 7.57. The van der Waals surface area contributed by atoms with E-state index in [-0.39, 0.29) is 5.91 Å². The number of carbonyl (C=O) groups excluding carboxylic acids is 1. The molecule has 0 atom stereocenters. The van der Waals surface area contributed by atoms with Crippen LogP contribution in [0.15, 0.2) is 41.4 Å². The molecular weight excluding hydrogens is 410 g/mol. The number of hydrogen-bond acceptors (Lipinski definition) is 3. The molecule has 0 bridgehead atoms. The van der Waals surface area contributed by atoms with Gasteiger partial charge >= 0.3 is 0 Å². The second-order valence-corrected chi connectivity index (χ2v) is 8.21. The minimum Gasteiger partial charge on any atom is -0.326 e. The molecule has 0 aliphatic heterocycles. The van der Waals surface area contributed by atoms with Crippen LogP contribution >= 0.6 is 11.6 Å². The molecule has 1 amide bonds. The summed E-state index contributed by atoms with van der Waals surface area (Å²) >= 11 is 6.09. The highest BCUT2D eigenvalue weighted by atomic mass is 35.5. The van der Waals surface area contributed by atoms with Gasteiger partial charge in [-0.05, 0) is 81.6 Å². The molecule has 6 nitrogen and oxygen atoms in total. The van der Waals surface area contributed by atoms with E-state index in [1.807, 2.05) is 76.7 Å². The molecule has 1 heterocycles. The summed E-state index contributed by atoms with van der Waals surface area (Å²) < 4.78 is 1.84. The molecule has 0 fully saturated rings. The Labute approximate surface area is 188 Å². The Morgan fingerprint density at radius 1 is 1.03 bits per heavy atom. The topological polar surface area (TPSA) is 71.3 Å². The third-order valence-electron chi connectivity index (χ3n) is 5.50. The predicted molar refractivity (Wildman–Crippen MR) is 127 cm³/mol. The number of amides is 1. The van der Waals surface area contributed by atoms with Crippen molar-refractivity contribution in [2.75, 3.05) is 5.32 Å². The molecule has 0 aliphatic rings. The van der Waals surface area contributed by atoms with Crippen LogP contribution in [-0.4, -0.2) is 21.6 Å². The minimum atomic E-state index is -0.222. The maximum Gasteiger partial charge on any atom is 0.257 e. The van der Waals surface area contributed by atoms with Crippen LogP contribution in [0, 0.1) is 34.6 Å². The Bertz CT molecular complexity index is 1160. The Hall–Kier alpha value is -3.12. The zero-order valence-electron chi connectivity index (χ0n) is 18.8. The average molecular weight is 438 g/mol. The number of carbonyl (C=O) groups is 1. The fourth-order valence-electron chi connectivity index (χ4n) is 3.27. The van der Waals surface area contributed by atoms with Gasteiger partial charge in [-0.3, -0.25) is 14.8 Å². The summed E-state index contributed by atoms with van der Waals surface area (Å²) in [5.74, 6) is 0.150. The maximum atomic E-state index is 12.9. The molecular formula is C24H28ClN5O. The van der Waals surface area contributed by atoms with Gasteiger partial charge in [0, 0.05) is 34.6 Å². The molecule has 162 valence electrons. The first kappa shape index (κ1) is 22.6. The van der Waals surface area contributed by atoms with E-state index >= 15 is 0 Å². The van der Waals surface area contributed by atoms with E-state index < -0.39 is 0 Å². The van der Waals surface area contributed by atoms with E-state index in [0.29, 0.717) is 23.1 Å². The van der Waals surface area contributed by atoms with Gasteiger partial charge in [0.1, 0.15) is 0 Å². The third kappa shape index (κ3) is 5.33. The monoisotopic (exact) mass is 437 g/mol. The smallest absolute Gasteiger partial charge is 0.257 e. The largest absolute Gasteiger partial charge is 0.326 e. The second kappa shape index (κ2) is 9.35. The quantitative estimate of drug-likeness (QED) is 0.445. The number of rotatable bonds is 4. The molecule has 2 aromatic carbocycles. The molecule has 7 heteroatoms. The van der Waals surface area contributed by atoms with Gasteiger partial charge in [-0.15, -0.1) is 0 Å². The van der Waals surface area contributed by atoms with E-state index in [2.05, 4.69) is 20.7 Å². The summed E-state index contributed by atoms with van der Waals surface area (Å²) in [6, 6.07) is 11.2. The molecule has 0 unspecified atom stereocenters. The first-order valence-corrected chi connectivity index (χ1v) is 10.5. The van der Waals surface area contributed by atoms with E-state index in [4.69, 9.17) is 11.6 Å². The molecule has 2 N–H and O–H groups in total. The van der Waals surface area contributed by atoms with Gasteiger partial charge in [-0.25, -0.2) is 4.99 Å². The van der Waals surface area contributed by atoms with Crippen LogP contribution in [0.5, 0.6) is 0 Å². The number of aromatic nitrogens is 2. The van der Waals surface area contributed by atoms with Gasteiger partial charge in [0.05, 0.1) is 12.2 Å². The average Bonchev–Trinajstić information content (AvgIpc) is 2.95. The highest BCUT2D eigenvalue weighted by Gasteiger charge is 2.13. The fraction of sp³-hybridized carbons (Fsp3) is 0.292. The summed E-state index contributed by atoms with van der Waals surface area (Å²) in [5, 5.41) is 11.3. The van der Waals surface area contributed by atoms with Crippen molar-refractivity contribution in [2.24, 2.45) is 12.0 Å². The van der Waals surface area contributed by atoms with Gasteiger partial charge in [-0.1, -0.05) is 17.7 Å². The lowest BCUT2D eigenvalue weighted by atomic mass is 10.1. The number of aliphatic imine (C=N–C) groups is 1. The Morgan fingerprint density at radius 3 is 2.39 bits per heavy atom. The summed E-state index contributed by atoms with van der Waals surface area (Å²) in [7, 11) is 1.91. The predicted octanol–water partition coefficient (Wildman–Crippen LogP) is 5.01. The SMILES string of the molecule is Cc1ccc(C(=O)NC(=NCc2c(C)nn(C)c2C)Nc2ccc(Cl)cc2C)cc1C. The van der Waals surface area contributed by atoms with Crippen LogP contribution in [0.2, 0.25) is 5.02 Å². The first-order chi connectivity index (χ1) is 14.7. The highest BCUT2D eigenvalue weighted by molar-refractivity contribution is 6.30. The number of benzene rings is 2. The molecule has 3 aromatic rings. The van der Waals surface area contributed by atoms with Crippen LogP contribution in [-0.2, 0) is 13.6 Å². The Balaban J connectivity index is 1.90. The van der Waals surface area contributed by atoms with Crippen molar-refractivity contribution in [3.63, 3.8) is 0 Å². The van der Waals surface area contributed by atoms with Crippen LogP contribution in [0.3, 0.4) is 0 Å². The molecule has 3 rings (SSSR count). The van der Waals surface area contributed by atoms with E-state index in [0.717, 1.165) is 39.3 Å². The highest BCUT2D eigenvalue weighted by Crippen LogP contribution is 2.20. The number of aryl methyl sites for hydroxylation is 5. The number of nitrogens with one attached hydrogen (secondary N) is 2. The van der Waals surface area contributed by atoms with Gasteiger partial charge in [-0.2, -0.15) is 5.10 Å². The van der Waals surface area contributed by atoms with Crippen molar-refractivity contribution in [2.45, 2.75) is 41.2 Å². The fourth-order valence-corrected chi connectivity index (χ4v) is 3.50. The van der Waals surface area contributed by atoms with Crippen molar-refractivity contribution >= 4 is 29.2 Å². The van der Waals surface area contributed by atoms with Crippen LogP contribution in [0.4, 0.5) is 5.69 Å². The number of guanidine groups is 1. The van der Waals surface area contributed by atoms with E-state index in [9.17, 15) is 4.79 Å². The van der Waals surface area contributed by atoms with E-state index in [1.54, 1.807) is 6.07 Å². The molecule has 0 spiro atoms. The lowest BCUT2D eigenvalue weighted by molar-refractivity contribution is 0.0977. The van der Waals surface area contributed by atoms with Gasteiger partial charge < -0.3 is 5.32 Å². The van der Waals surface area contributed by atoms with Crippen LogP contribution in [0.1, 0.15) is 44.0 Å². The van der Waals surface area contributed by atoms with Crippen molar-refractivity contribution in [1.82, 2.24) is 15.1 Å². The standard InChI is InChI=1S/C24H28ClN5O/c1-14-7-8-19(11-15(14)2)23(31)28-24(27-22-10-9-20(25)12-16(22)3)26-13-21-17(4)29-30(6)18(21)5/h7-12H,13H2,1-6H3,(H2,26,27,28,31).